The number of anilines is 2. The normalized spacial score (nSPS) is 11.2. The van der Waals surface area contributed by atoms with Gasteiger partial charge in [-0.3, -0.25) is 0 Å². The second-order valence-electron chi connectivity index (χ2n) is 4.43. The molecule has 106 valence electrons. The minimum atomic E-state index is -0.636. The highest BCUT2D eigenvalue weighted by atomic mass is 16.5. The molecule has 0 bridgehead atoms. The second kappa shape index (κ2) is 6.44. The van der Waals surface area contributed by atoms with Gasteiger partial charge in [0.2, 0.25) is 0 Å². The predicted octanol–water partition coefficient (Wildman–Crippen LogP) is 2.47. The number of hydrogen-bond donors (Lipinski definition) is 2. The average Bonchev–Trinajstić information content (AvgIpc) is 2.53. The first-order chi connectivity index (χ1) is 10.2. The summed E-state index contributed by atoms with van der Waals surface area (Å²) in [6.07, 6.45) is 0. The van der Waals surface area contributed by atoms with Gasteiger partial charge in [-0.05, 0) is 23.8 Å². The molecule has 2 rings (SSSR count). The van der Waals surface area contributed by atoms with Crippen LogP contribution in [0.5, 0.6) is 0 Å². The molecular formula is C16H15N3O2. The van der Waals surface area contributed by atoms with Crippen molar-refractivity contribution in [2.24, 2.45) is 0 Å². The van der Waals surface area contributed by atoms with Crippen LogP contribution in [0.1, 0.15) is 17.2 Å². The maximum absolute atomic E-state index is 12.0. The van der Waals surface area contributed by atoms with Crippen molar-refractivity contribution in [3.8, 4) is 6.07 Å². The number of nitrogens with zero attached hydrogens (tertiary/aromatic N) is 1. The van der Waals surface area contributed by atoms with Gasteiger partial charge in [-0.15, -0.1) is 0 Å². The monoisotopic (exact) mass is 281 g/mol. The van der Waals surface area contributed by atoms with Crippen LogP contribution in [0.25, 0.3) is 0 Å². The van der Waals surface area contributed by atoms with Crippen molar-refractivity contribution in [1.82, 2.24) is 0 Å². The summed E-state index contributed by atoms with van der Waals surface area (Å²) in [6, 6.07) is 15.5. The topological polar surface area (TPSA) is 88.1 Å². The van der Waals surface area contributed by atoms with Crippen molar-refractivity contribution in [3.05, 3.63) is 59.7 Å². The Labute approximate surface area is 123 Å². The molecule has 0 fully saturated rings. The SMILES string of the molecule is COC(=O)C(Nc1ccc(C#N)c(N)c1)c1ccccc1. The third kappa shape index (κ3) is 3.31. The first-order valence-electron chi connectivity index (χ1n) is 6.34. The minimum Gasteiger partial charge on any atom is -0.467 e. The fourth-order valence-electron chi connectivity index (χ4n) is 1.96. The van der Waals surface area contributed by atoms with Gasteiger partial charge in [-0.2, -0.15) is 5.26 Å². The zero-order chi connectivity index (χ0) is 15.2. The van der Waals surface area contributed by atoms with Crippen LogP contribution >= 0.6 is 0 Å². The van der Waals surface area contributed by atoms with E-state index >= 15 is 0 Å². The lowest BCUT2D eigenvalue weighted by Crippen LogP contribution is -2.22. The van der Waals surface area contributed by atoms with E-state index in [4.69, 9.17) is 15.7 Å². The quantitative estimate of drug-likeness (QED) is 0.664. The van der Waals surface area contributed by atoms with Crippen LogP contribution in [0.15, 0.2) is 48.5 Å². The molecule has 0 amide bonds. The molecule has 0 saturated carbocycles. The first-order valence-corrected chi connectivity index (χ1v) is 6.34. The Kier molecular flexibility index (Phi) is 4.42. The van der Waals surface area contributed by atoms with E-state index in [0.717, 1.165) is 5.56 Å². The lowest BCUT2D eigenvalue weighted by molar-refractivity contribution is -0.141. The van der Waals surface area contributed by atoms with Crippen LogP contribution in [-0.2, 0) is 9.53 Å². The highest BCUT2D eigenvalue weighted by Gasteiger charge is 2.21. The molecule has 0 spiro atoms. The Balaban J connectivity index is 2.30. The number of rotatable bonds is 4. The van der Waals surface area contributed by atoms with Crippen LogP contribution in [-0.4, -0.2) is 13.1 Å². The molecule has 0 aromatic heterocycles. The number of nitrogens with two attached hydrogens (primary N) is 1. The molecule has 21 heavy (non-hydrogen) atoms. The van der Waals surface area contributed by atoms with Crippen molar-refractivity contribution < 1.29 is 9.53 Å². The molecule has 2 aromatic rings. The highest BCUT2D eigenvalue weighted by Crippen LogP contribution is 2.23. The molecule has 0 aliphatic carbocycles. The molecule has 0 heterocycles. The van der Waals surface area contributed by atoms with Gasteiger partial charge < -0.3 is 15.8 Å². The molecular weight excluding hydrogens is 266 g/mol. The summed E-state index contributed by atoms with van der Waals surface area (Å²) in [5.41, 5.74) is 7.96. The Morgan fingerprint density at radius 3 is 2.57 bits per heavy atom. The minimum absolute atomic E-state index is 0.360. The van der Waals surface area contributed by atoms with E-state index in [0.29, 0.717) is 16.9 Å². The molecule has 0 saturated heterocycles. The molecule has 0 aliphatic rings. The maximum atomic E-state index is 12.0. The summed E-state index contributed by atoms with van der Waals surface area (Å²) in [4.78, 5) is 12.0. The predicted molar refractivity (Wildman–Crippen MR) is 80.4 cm³/mol. The number of carbonyl (C=O) groups is 1. The van der Waals surface area contributed by atoms with Crippen LogP contribution in [0, 0.1) is 11.3 Å². The second-order valence-corrected chi connectivity index (χ2v) is 4.43. The molecule has 0 radical (unpaired) electrons. The molecule has 2 aromatic carbocycles. The Bertz CT molecular complexity index is 678. The van der Waals surface area contributed by atoms with E-state index < -0.39 is 12.0 Å². The van der Waals surface area contributed by atoms with Crippen molar-refractivity contribution in [2.45, 2.75) is 6.04 Å². The van der Waals surface area contributed by atoms with Gasteiger partial charge in [0.25, 0.3) is 0 Å². The van der Waals surface area contributed by atoms with E-state index in [1.807, 2.05) is 36.4 Å². The zero-order valence-corrected chi connectivity index (χ0v) is 11.5. The lowest BCUT2D eigenvalue weighted by atomic mass is 10.1. The fraction of sp³-hybridized carbons (Fsp3) is 0.125. The number of nitrogens with one attached hydrogen (secondary N) is 1. The summed E-state index contributed by atoms with van der Waals surface area (Å²) >= 11 is 0. The van der Waals surface area contributed by atoms with Crippen molar-refractivity contribution in [2.75, 3.05) is 18.2 Å². The summed E-state index contributed by atoms with van der Waals surface area (Å²) < 4.78 is 4.83. The van der Waals surface area contributed by atoms with E-state index in [9.17, 15) is 4.79 Å². The van der Waals surface area contributed by atoms with Gasteiger partial charge in [0.1, 0.15) is 6.07 Å². The van der Waals surface area contributed by atoms with Gasteiger partial charge in [0.15, 0.2) is 6.04 Å². The van der Waals surface area contributed by atoms with Gasteiger partial charge in [0.05, 0.1) is 18.4 Å². The Morgan fingerprint density at radius 1 is 1.29 bits per heavy atom. The molecule has 5 heteroatoms. The third-order valence-corrected chi connectivity index (χ3v) is 3.05. The van der Waals surface area contributed by atoms with E-state index in [1.54, 1.807) is 18.2 Å². The number of hydrogen-bond acceptors (Lipinski definition) is 5. The standard InChI is InChI=1S/C16H15N3O2/c1-21-16(20)15(11-5-3-2-4-6-11)19-13-8-7-12(10-17)14(18)9-13/h2-9,15,19H,18H2,1H3. The van der Waals surface area contributed by atoms with Crippen LogP contribution in [0.3, 0.4) is 0 Å². The smallest absolute Gasteiger partial charge is 0.332 e. The molecule has 1 unspecified atom stereocenters. The van der Waals surface area contributed by atoms with Crippen LogP contribution in [0.2, 0.25) is 0 Å². The average molecular weight is 281 g/mol. The number of esters is 1. The highest BCUT2D eigenvalue weighted by molar-refractivity contribution is 5.81. The van der Waals surface area contributed by atoms with Crippen molar-refractivity contribution in [1.29, 1.82) is 5.26 Å². The van der Waals surface area contributed by atoms with Crippen molar-refractivity contribution >= 4 is 17.3 Å². The first kappa shape index (κ1) is 14.4. The van der Waals surface area contributed by atoms with Gasteiger partial charge >= 0.3 is 5.97 Å². The summed E-state index contributed by atoms with van der Waals surface area (Å²) in [6.45, 7) is 0. The number of benzene rings is 2. The van der Waals surface area contributed by atoms with E-state index in [1.165, 1.54) is 7.11 Å². The largest absolute Gasteiger partial charge is 0.467 e. The number of nitriles is 1. The third-order valence-electron chi connectivity index (χ3n) is 3.05. The van der Waals surface area contributed by atoms with E-state index in [-0.39, 0.29) is 0 Å². The number of carbonyl (C=O) groups excluding carboxylic acids is 1. The summed E-state index contributed by atoms with van der Waals surface area (Å²) in [7, 11) is 1.34. The summed E-state index contributed by atoms with van der Waals surface area (Å²) in [5.74, 6) is -0.399. The van der Waals surface area contributed by atoms with Crippen LogP contribution in [0.4, 0.5) is 11.4 Å². The van der Waals surface area contributed by atoms with E-state index in [2.05, 4.69) is 5.32 Å². The Morgan fingerprint density at radius 2 is 2.00 bits per heavy atom. The molecule has 3 N–H and O–H groups in total. The number of ether oxygens (including phenoxy) is 1. The summed E-state index contributed by atoms with van der Waals surface area (Å²) in [5, 5.41) is 11.9. The molecule has 0 aliphatic heterocycles. The maximum Gasteiger partial charge on any atom is 0.332 e. The number of methoxy groups -OCH3 is 1. The molecule has 5 nitrogen and oxygen atoms in total. The zero-order valence-electron chi connectivity index (χ0n) is 11.5. The molecule has 1 atom stereocenters. The lowest BCUT2D eigenvalue weighted by Gasteiger charge is -2.18. The van der Waals surface area contributed by atoms with Crippen molar-refractivity contribution in [3.63, 3.8) is 0 Å². The van der Waals surface area contributed by atoms with Gasteiger partial charge in [-0.1, -0.05) is 30.3 Å². The fourth-order valence-corrected chi connectivity index (χ4v) is 1.96. The van der Waals surface area contributed by atoms with Gasteiger partial charge in [-0.25, -0.2) is 4.79 Å². The Hall–Kier alpha value is -3.00. The van der Waals surface area contributed by atoms with Gasteiger partial charge in [0, 0.05) is 5.69 Å². The number of nitrogen functional groups attached to an aromatic ring is 1. The van der Waals surface area contributed by atoms with Crippen LogP contribution < -0.4 is 11.1 Å².